The molecule has 0 aliphatic heterocycles. The van der Waals surface area contributed by atoms with Gasteiger partial charge in [0.05, 0.1) is 66.6 Å². The molecule has 0 aliphatic rings. The summed E-state index contributed by atoms with van der Waals surface area (Å²) in [6, 6.07) is 0. The normalized spacial score (nSPS) is 15.3. The van der Waals surface area contributed by atoms with Crippen molar-refractivity contribution in [2.75, 3.05) is 66.6 Å². The van der Waals surface area contributed by atoms with Gasteiger partial charge in [-0.3, -0.25) is 58.4 Å². The molecule has 0 fully saturated rings. The first kappa shape index (κ1) is 86.0. The van der Waals surface area contributed by atoms with E-state index in [1.165, 1.54) is 93.1 Å². The SMILES string of the molecule is CCC(C)CC(CC)CC(CC)CC(CC)CC(CC)CC.CCC(CC)CC(CC)(CC(CC)(CC(CC)CC(C)(CC)N(CC(=O)O)CC(=O)O)N(CC(=O)O)CC(=O)O)N(CC(=O)O)CC(=O)O.COOC.O=C(O)CNCC(=O)O.[2HH]. The Labute approximate surface area is 506 Å². The summed E-state index contributed by atoms with van der Waals surface area (Å²) in [7, 11) is 2.92. The molecule has 0 aromatic carbocycles. The number of carboxylic acids is 8. The van der Waals surface area contributed by atoms with Gasteiger partial charge in [0.2, 0.25) is 0 Å². The van der Waals surface area contributed by atoms with E-state index in [0.29, 0.717) is 32.1 Å². The maximum absolute atomic E-state index is 12.3. The third kappa shape index (κ3) is 38.5. The van der Waals surface area contributed by atoms with Gasteiger partial charge in [-0.2, -0.15) is 0 Å². The molecule has 84 heavy (non-hydrogen) atoms. The molecule has 0 amide bonds. The molecular weight excluding hydrogens is 1090 g/mol. The van der Waals surface area contributed by atoms with Crippen molar-refractivity contribution in [2.45, 2.75) is 242 Å². The van der Waals surface area contributed by atoms with Crippen LogP contribution in [-0.2, 0) is 48.1 Å². The minimum atomic E-state index is -1.27. The molecule has 498 valence electrons. The lowest BCUT2D eigenvalue weighted by Gasteiger charge is -2.54. The highest BCUT2D eigenvalue weighted by molar-refractivity contribution is 5.74. The van der Waals surface area contributed by atoms with E-state index in [2.05, 4.69) is 63.6 Å². The summed E-state index contributed by atoms with van der Waals surface area (Å²) in [5.74, 6) is -4.99. The van der Waals surface area contributed by atoms with Crippen molar-refractivity contribution >= 4 is 47.8 Å². The monoisotopic (exact) mass is 1210 g/mol. The van der Waals surface area contributed by atoms with Crippen LogP contribution in [-0.4, -0.2) is 187 Å². The van der Waals surface area contributed by atoms with Crippen LogP contribution >= 0.6 is 0 Å². The Morgan fingerprint density at radius 2 is 0.667 bits per heavy atom. The van der Waals surface area contributed by atoms with E-state index in [4.69, 9.17) is 10.2 Å². The van der Waals surface area contributed by atoms with Gasteiger partial charge in [0.1, 0.15) is 0 Å². The lowest BCUT2D eigenvalue weighted by atomic mass is 9.67. The zero-order valence-corrected chi connectivity index (χ0v) is 54.8. The minimum Gasteiger partial charge on any atom is -0.480 e. The Bertz CT molecular complexity index is 1760. The maximum atomic E-state index is 12.3. The third-order valence-electron chi connectivity index (χ3n) is 17.6. The molecule has 22 heteroatoms. The molecule has 8 atom stereocenters. The first-order valence-electron chi connectivity index (χ1n) is 31.1. The second-order valence-electron chi connectivity index (χ2n) is 23.4. The molecule has 8 unspecified atom stereocenters. The second-order valence-corrected chi connectivity index (χ2v) is 23.4. The van der Waals surface area contributed by atoms with Crippen molar-refractivity contribution in [3.8, 4) is 0 Å². The quantitative estimate of drug-likeness (QED) is 0.0202. The van der Waals surface area contributed by atoms with Gasteiger partial charge in [-0.05, 0) is 119 Å². The van der Waals surface area contributed by atoms with Gasteiger partial charge >= 0.3 is 47.8 Å². The number of hydrogen-bond donors (Lipinski definition) is 9. The fourth-order valence-electron chi connectivity index (χ4n) is 11.9. The van der Waals surface area contributed by atoms with Crippen LogP contribution in [0, 0.1) is 41.4 Å². The van der Waals surface area contributed by atoms with E-state index < -0.39 is 104 Å². The number of nitrogens with one attached hydrogen (secondary N) is 1. The topological polar surface area (TPSA) is 339 Å². The lowest BCUT2D eigenvalue weighted by Crippen LogP contribution is -2.62. The summed E-state index contributed by atoms with van der Waals surface area (Å²) >= 11 is 0. The Morgan fingerprint density at radius 3 is 0.917 bits per heavy atom. The van der Waals surface area contributed by atoms with Gasteiger partial charge in [0.25, 0.3) is 0 Å². The Balaban J connectivity index is -0.000000482. The summed E-state index contributed by atoms with van der Waals surface area (Å²) < 4.78 is 0. The minimum absolute atomic E-state index is 0. The number of hydrogen-bond acceptors (Lipinski definition) is 14. The van der Waals surface area contributed by atoms with Crippen molar-refractivity contribution in [1.82, 2.24) is 20.0 Å². The van der Waals surface area contributed by atoms with Crippen LogP contribution in [0.1, 0.15) is 227 Å². The lowest BCUT2D eigenvalue weighted by molar-refractivity contribution is -0.248. The van der Waals surface area contributed by atoms with Gasteiger partial charge < -0.3 is 40.9 Å². The van der Waals surface area contributed by atoms with E-state index >= 15 is 0 Å². The van der Waals surface area contributed by atoms with E-state index in [1.54, 1.807) is 13.8 Å². The smallest absolute Gasteiger partial charge is 0.317 e. The van der Waals surface area contributed by atoms with Crippen LogP contribution in [0.4, 0.5) is 0 Å². The van der Waals surface area contributed by atoms with Gasteiger partial charge in [-0.1, -0.05) is 148 Å². The summed E-state index contributed by atoms with van der Waals surface area (Å²) in [6.07, 6.45) is 18.0. The zero-order chi connectivity index (χ0) is 65.8. The zero-order valence-electron chi connectivity index (χ0n) is 54.8. The first-order valence-corrected chi connectivity index (χ1v) is 31.1. The molecule has 0 spiro atoms. The van der Waals surface area contributed by atoms with Crippen molar-refractivity contribution in [2.24, 2.45) is 41.4 Å². The molecular formula is C62H122N4O18. The van der Waals surface area contributed by atoms with Crippen LogP contribution in [0.2, 0.25) is 0 Å². The number of nitrogens with zero attached hydrogens (tertiary/aromatic N) is 3. The molecule has 0 bridgehead atoms. The van der Waals surface area contributed by atoms with Crippen molar-refractivity contribution in [3.05, 3.63) is 0 Å². The standard InChI is InChI=1S/C34H61N3O12.C22H46.C4H7NO4.C2H6O2.H2/c1-8-24(9-2)15-33(12-5,36(19-28(42)43)20-29(44)45)23-34(13-6,37(21-30(46)47)22-31(48)49)16-25(10-3)14-32(7,11-4)35(17-26(38)39)18-27(40)41;1-8-18(7)14-20(11-4)16-22(13-6)17-21(12-5)15-19(9-2)10-3;6-3(7)1-5-2-4(8)9;1-3-4-2;/h24-25H,8-23H2,1-7H3,(H,38,39)(H,40,41)(H,42,43)(H,44,45)(H,46,47)(H,48,49);18-22H,8-17H2,1-7H3;5H,1-2H2,(H,6,7)(H,8,9);1-2H3;1H/i;;;;1+1. The van der Waals surface area contributed by atoms with Crippen LogP contribution in [0.5, 0.6) is 0 Å². The fraction of sp³-hybridized carbons (Fsp3) is 0.871. The predicted molar refractivity (Wildman–Crippen MR) is 329 cm³/mol. The predicted octanol–water partition coefficient (Wildman–Crippen LogP) is 11.2. The third-order valence-corrected chi connectivity index (χ3v) is 17.6. The molecule has 0 saturated heterocycles. The van der Waals surface area contributed by atoms with Crippen molar-refractivity contribution in [1.29, 1.82) is 0 Å². The fourth-order valence-corrected chi connectivity index (χ4v) is 11.9. The van der Waals surface area contributed by atoms with Gasteiger partial charge in [0, 0.05) is 18.0 Å². The van der Waals surface area contributed by atoms with Crippen LogP contribution in [0.3, 0.4) is 0 Å². The summed E-state index contributed by atoms with van der Waals surface area (Å²) in [5, 5.41) is 77.3. The van der Waals surface area contributed by atoms with Crippen molar-refractivity contribution in [3.63, 3.8) is 0 Å². The summed E-state index contributed by atoms with van der Waals surface area (Å²) in [5.41, 5.74) is -3.21. The molecule has 0 radical (unpaired) electrons. The Kier molecular flexibility index (Phi) is 49.7. The molecule has 22 nitrogen and oxygen atoms in total. The van der Waals surface area contributed by atoms with E-state index in [0.717, 1.165) is 42.4 Å². The number of carbonyl (C=O) groups is 8. The summed E-state index contributed by atoms with van der Waals surface area (Å²) in [4.78, 5) is 104. The maximum Gasteiger partial charge on any atom is 0.317 e. The van der Waals surface area contributed by atoms with Crippen LogP contribution in [0.15, 0.2) is 0 Å². The van der Waals surface area contributed by atoms with Crippen LogP contribution < -0.4 is 5.32 Å². The first-order chi connectivity index (χ1) is 39.3. The van der Waals surface area contributed by atoms with Crippen molar-refractivity contribution < 1.29 is 90.4 Å². The van der Waals surface area contributed by atoms with Gasteiger partial charge in [-0.25, -0.2) is 9.78 Å². The Morgan fingerprint density at radius 1 is 0.381 bits per heavy atom. The highest BCUT2D eigenvalue weighted by Crippen LogP contribution is 2.46. The van der Waals surface area contributed by atoms with Crippen LogP contribution in [0.25, 0.3) is 0 Å². The average Bonchev–Trinajstić information content (AvgIpc) is 3.25. The molecule has 9 N–H and O–H groups in total. The highest BCUT2D eigenvalue weighted by atomic mass is 17.2. The van der Waals surface area contributed by atoms with Gasteiger partial charge in [0.15, 0.2) is 0 Å². The molecule has 0 heterocycles. The van der Waals surface area contributed by atoms with Gasteiger partial charge in [-0.15, -0.1) is 0 Å². The second kappa shape index (κ2) is 48.6. The number of carboxylic acid groups (broad SMARTS) is 8. The summed E-state index contributed by atoms with van der Waals surface area (Å²) in [6.45, 7) is 25.7. The number of rotatable bonds is 48. The van der Waals surface area contributed by atoms with E-state index in [-0.39, 0.29) is 45.6 Å². The van der Waals surface area contributed by atoms with E-state index in [9.17, 15) is 69.0 Å². The average molecular weight is 1210 g/mol. The molecule has 0 aliphatic carbocycles. The molecule has 0 saturated carbocycles. The van der Waals surface area contributed by atoms with E-state index in [1.807, 2.05) is 34.6 Å². The molecule has 0 aromatic heterocycles. The Hall–Kier alpha value is -4.48. The number of aliphatic carboxylic acids is 8. The largest absolute Gasteiger partial charge is 0.480 e. The highest BCUT2D eigenvalue weighted by Gasteiger charge is 2.50. The molecule has 0 rings (SSSR count). The molecule has 0 aromatic rings.